The van der Waals surface area contributed by atoms with Crippen LogP contribution in [-0.4, -0.2) is 16.1 Å². The van der Waals surface area contributed by atoms with Crippen LogP contribution in [0.1, 0.15) is 18.9 Å². The normalized spacial score (nSPS) is 30.8. The second kappa shape index (κ2) is 4.07. The van der Waals surface area contributed by atoms with Crippen molar-refractivity contribution in [3.8, 4) is 0 Å². The van der Waals surface area contributed by atoms with Crippen LogP contribution in [0.25, 0.3) is 0 Å². The maximum absolute atomic E-state index is 13.9. The zero-order chi connectivity index (χ0) is 11.1. The van der Waals surface area contributed by atoms with E-state index in [9.17, 15) is 9.50 Å². The summed E-state index contributed by atoms with van der Waals surface area (Å²) < 4.78 is 14.3. The molecule has 1 aromatic carbocycles. The van der Waals surface area contributed by atoms with Crippen molar-refractivity contribution in [3.63, 3.8) is 0 Å². The molecule has 0 radical (unpaired) electrons. The highest BCUT2D eigenvalue weighted by atomic mass is 79.9. The van der Waals surface area contributed by atoms with Crippen molar-refractivity contribution in [1.82, 2.24) is 0 Å². The highest BCUT2D eigenvalue weighted by Gasteiger charge is 2.42. The fraction of sp³-hybridized carbons (Fsp3) is 0.455. The summed E-state index contributed by atoms with van der Waals surface area (Å²) in [6.07, 6.45) is 0.617. The molecule has 0 aliphatic carbocycles. The van der Waals surface area contributed by atoms with Gasteiger partial charge in [0, 0.05) is 10.8 Å². The summed E-state index contributed by atoms with van der Waals surface area (Å²) in [5.41, 5.74) is -0.604. The van der Waals surface area contributed by atoms with Crippen LogP contribution in [0.5, 0.6) is 0 Å². The molecule has 15 heavy (non-hydrogen) atoms. The molecular formula is C11H12BrFOS. The van der Waals surface area contributed by atoms with Gasteiger partial charge in [-0.15, -0.1) is 0 Å². The second-order valence-corrected chi connectivity index (χ2v) is 6.09. The Kier molecular flexibility index (Phi) is 3.10. The van der Waals surface area contributed by atoms with Crippen LogP contribution in [-0.2, 0) is 5.60 Å². The number of aliphatic hydroxyl groups is 1. The average molecular weight is 291 g/mol. The third kappa shape index (κ3) is 1.83. The Bertz CT molecular complexity index is 385. The van der Waals surface area contributed by atoms with Crippen LogP contribution in [0.3, 0.4) is 0 Å². The van der Waals surface area contributed by atoms with Crippen molar-refractivity contribution in [1.29, 1.82) is 0 Å². The summed E-state index contributed by atoms with van der Waals surface area (Å²) in [5.74, 6) is 0.540. The average Bonchev–Trinajstić information content (AvgIpc) is 2.53. The highest BCUT2D eigenvalue weighted by Crippen LogP contribution is 2.44. The van der Waals surface area contributed by atoms with Crippen LogP contribution in [0.2, 0.25) is 0 Å². The molecule has 0 saturated carbocycles. The Balaban J connectivity index is 2.49. The molecule has 0 aromatic heterocycles. The van der Waals surface area contributed by atoms with Gasteiger partial charge in [-0.1, -0.05) is 19.1 Å². The number of benzene rings is 1. The van der Waals surface area contributed by atoms with E-state index in [1.54, 1.807) is 30.0 Å². The third-order valence-corrected chi connectivity index (χ3v) is 4.88. The van der Waals surface area contributed by atoms with Gasteiger partial charge in [0.2, 0.25) is 0 Å². The Morgan fingerprint density at radius 3 is 2.93 bits per heavy atom. The monoisotopic (exact) mass is 290 g/mol. The molecule has 82 valence electrons. The van der Waals surface area contributed by atoms with Crippen LogP contribution < -0.4 is 0 Å². The van der Waals surface area contributed by atoms with E-state index < -0.39 is 5.60 Å². The van der Waals surface area contributed by atoms with Gasteiger partial charge < -0.3 is 5.11 Å². The molecule has 2 atom stereocenters. The molecule has 1 aliphatic rings. The Morgan fingerprint density at radius 2 is 2.33 bits per heavy atom. The number of rotatable bonds is 1. The minimum Gasteiger partial charge on any atom is -0.384 e. The van der Waals surface area contributed by atoms with Gasteiger partial charge in [-0.05, 0) is 34.2 Å². The third-order valence-electron chi connectivity index (χ3n) is 2.94. The van der Waals surface area contributed by atoms with Gasteiger partial charge in [0.25, 0.3) is 0 Å². The predicted octanol–water partition coefficient (Wildman–Crippen LogP) is 3.30. The lowest BCUT2D eigenvalue weighted by molar-refractivity contribution is 0.0389. The van der Waals surface area contributed by atoms with Crippen LogP contribution in [0.4, 0.5) is 4.39 Å². The molecule has 0 spiro atoms. The van der Waals surface area contributed by atoms with Crippen LogP contribution in [0.15, 0.2) is 22.7 Å². The molecule has 2 rings (SSSR count). The molecule has 1 N–H and O–H groups in total. The summed E-state index contributed by atoms with van der Waals surface area (Å²) in [6.45, 7) is 1.94. The smallest absolute Gasteiger partial charge is 0.143 e. The van der Waals surface area contributed by atoms with Gasteiger partial charge in [0.05, 0.1) is 4.47 Å². The minimum absolute atomic E-state index is 0.0429. The van der Waals surface area contributed by atoms with Crippen molar-refractivity contribution >= 4 is 27.7 Å². The maximum Gasteiger partial charge on any atom is 0.143 e. The van der Waals surface area contributed by atoms with Crippen molar-refractivity contribution in [3.05, 3.63) is 34.1 Å². The maximum atomic E-state index is 13.9. The number of hydrogen-bond donors (Lipinski definition) is 1. The Morgan fingerprint density at radius 1 is 1.60 bits per heavy atom. The Labute approximate surface area is 101 Å². The lowest BCUT2D eigenvalue weighted by Crippen LogP contribution is -2.32. The van der Waals surface area contributed by atoms with E-state index in [-0.39, 0.29) is 11.1 Å². The van der Waals surface area contributed by atoms with Gasteiger partial charge in [-0.3, -0.25) is 0 Å². The van der Waals surface area contributed by atoms with Gasteiger partial charge in [-0.25, -0.2) is 4.39 Å². The molecule has 1 aromatic rings. The van der Waals surface area contributed by atoms with Crippen molar-refractivity contribution in [2.24, 2.45) is 0 Å². The molecule has 1 nitrogen and oxygen atoms in total. The first-order valence-electron chi connectivity index (χ1n) is 4.84. The molecule has 1 heterocycles. The molecule has 1 aliphatic heterocycles. The SMILES string of the molecule is CC1SCCC1(O)c1cccc(Br)c1F. The lowest BCUT2D eigenvalue weighted by atomic mass is 9.88. The van der Waals surface area contributed by atoms with E-state index in [2.05, 4.69) is 15.9 Å². The predicted molar refractivity (Wildman–Crippen MR) is 64.5 cm³/mol. The van der Waals surface area contributed by atoms with E-state index in [0.29, 0.717) is 16.5 Å². The molecule has 0 bridgehead atoms. The summed E-state index contributed by atoms with van der Waals surface area (Å²) in [5, 5.41) is 10.5. The number of thioether (sulfide) groups is 1. The van der Waals surface area contributed by atoms with E-state index in [4.69, 9.17) is 0 Å². The van der Waals surface area contributed by atoms with Gasteiger partial charge in [0.1, 0.15) is 11.4 Å². The lowest BCUT2D eigenvalue weighted by Gasteiger charge is -2.27. The van der Waals surface area contributed by atoms with Crippen molar-refractivity contribution in [2.45, 2.75) is 24.2 Å². The van der Waals surface area contributed by atoms with E-state index in [0.717, 1.165) is 5.75 Å². The van der Waals surface area contributed by atoms with Crippen LogP contribution in [0, 0.1) is 5.82 Å². The quantitative estimate of drug-likeness (QED) is 0.856. The first-order valence-corrected chi connectivity index (χ1v) is 6.68. The van der Waals surface area contributed by atoms with Crippen molar-refractivity contribution in [2.75, 3.05) is 5.75 Å². The van der Waals surface area contributed by atoms with Gasteiger partial charge >= 0.3 is 0 Å². The van der Waals surface area contributed by atoms with Crippen molar-refractivity contribution < 1.29 is 9.50 Å². The zero-order valence-electron chi connectivity index (χ0n) is 8.34. The summed E-state index contributed by atoms with van der Waals surface area (Å²) >= 11 is 4.83. The fourth-order valence-corrected chi connectivity index (χ4v) is 3.59. The first kappa shape index (κ1) is 11.4. The fourth-order valence-electron chi connectivity index (χ4n) is 1.92. The summed E-state index contributed by atoms with van der Waals surface area (Å²) in [6, 6.07) is 5.08. The summed E-state index contributed by atoms with van der Waals surface area (Å²) in [4.78, 5) is 0. The second-order valence-electron chi connectivity index (χ2n) is 3.79. The van der Waals surface area contributed by atoms with Gasteiger partial charge in [-0.2, -0.15) is 11.8 Å². The molecule has 0 amide bonds. The minimum atomic E-state index is -1.02. The topological polar surface area (TPSA) is 20.2 Å². The highest BCUT2D eigenvalue weighted by molar-refractivity contribution is 9.10. The number of halogens is 2. The molecule has 4 heteroatoms. The Hall–Kier alpha value is -0.0600. The van der Waals surface area contributed by atoms with Crippen LogP contribution >= 0.6 is 27.7 Å². The number of hydrogen-bond acceptors (Lipinski definition) is 2. The molecule has 1 saturated heterocycles. The standard InChI is InChI=1S/C11H12BrFOS/c1-7-11(14,5-6-15-7)8-3-2-4-9(12)10(8)13/h2-4,7,14H,5-6H2,1H3. The first-order chi connectivity index (χ1) is 7.05. The summed E-state index contributed by atoms with van der Waals surface area (Å²) in [7, 11) is 0. The van der Waals surface area contributed by atoms with E-state index in [1.165, 1.54) is 0 Å². The molecule has 1 fully saturated rings. The van der Waals surface area contributed by atoms with E-state index >= 15 is 0 Å². The van der Waals surface area contributed by atoms with Gasteiger partial charge in [0.15, 0.2) is 0 Å². The largest absolute Gasteiger partial charge is 0.384 e. The molecule has 2 unspecified atom stereocenters. The zero-order valence-corrected chi connectivity index (χ0v) is 10.7. The van der Waals surface area contributed by atoms with E-state index in [1.807, 2.05) is 6.92 Å². The molecular weight excluding hydrogens is 279 g/mol.